The Morgan fingerprint density at radius 2 is 1.08 bits per heavy atom. The molecule has 0 bridgehead atoms. The van der Waals surface area contributed by atoms with Gasteiger partial charge in [-0.25, -0.2) is 0 Å². The van der Waals surface area contributed by atoms with E-state index in [1.54, 1.807) is 12.3 Å². The highest BCUT2D eigenvalue weighted by Crippen LogP contribution is 2.43. The second-order valence-electron chi connectivity index (χ2n) is 14.7. The van der Waals surface area contributed by atoms with E-state index in [2.05, 4.69) is 41.5 Å². The Kier molecular flexibility index (Phi) is 14.5. The fourth-order valence-corrected chi connectivity index (χ4v) is 13.2. The van der Waals surface area contributed by atoms with Crippen molar-refractivity contribution in [3.63, 3.8) is 0 Å². The summed E-state index contributed by atoms with van der Waals surface area (Å²) in [5.41, 5.74) is 4.28. The zero-order valence-corrected chi connectivity index (χ0v) is 32.3. The lowest BCUT2D eigenvalue weighted by Crippen LogP contribution is -2.62. The molecule has 9 heteroatoms. The van der Waals surface area contributed by atoms with Crippen LogP contribution in [0.3, 0.4) is 0 Å². The highest BCUT2D eigenvalue weighted by atomic mass is 28.4. The van der Waals surface area contributed by atoms with E-state index in [1.807, 2.05) is 97.9 Å². The average Bonchev–Trinajstić information content (AvgIpc) is 3.12. The molecule has 1 fully saturated rings. The third-order valence-electron chi connectivity index (χ3n) is 10.3. The first kappa shape index (κ1) is 39.3. The van der Waals surface area contributed by atoms with Gasteiger partial charge in [-0.2, -0.15) is 0 Å². The predicted octanol–water partition coefficient (Wildman–Crippen LogP) is 8.34. The van der Waals surface area contributed by atoms with Crippen LogP contribution >= 0.6 is 0 Å². The monoisotopic (exact) mass is 718 g/mol. The average molecular weight is 719 g/mol. The molecule has 8 nitrogen and oxygen atoms in total. The van der Waals surface area contributed by atoms with Crippen LogP contribution in [0, 0.1) is 0 Å². The number of hydrogen-bond donors (Lipinski definition) is 1. The third kappa shape index (κ3) is 9.97. The van der Waals surface area contributed by atoms with Crippen molar-refractivity contribution < 1.29 is 38.0 Å². The van der Waals surface area contributed by atoms with Crippen LogP contribution in [-0.4, -0.2) is 69.0 Å². The van der Waals surface area contributed by atoms with Gasteiger partial charge in [0.1, 0.15) is 36.6 Å². The Labute approximate surface area is 306 Å². The van der Waals surface area contributed by atoms with E-state index in [-0.39, 0.29) is 0 Å². The molecule has 1 N–H and O–H groups in total. The zero-order valence-electron chi connectivity index (χ0n) is 31.3. The van der Waals surface area contributed by atoms with E-state index in [0.717, 1.165) is 16.7 Å². The summed E-state index contributed by atoms with van der Waals surface area (Å²) in [6, 6.07) is 30.1. The molecule has 0 radical (unpaired) electrons. The minimum absolute atomic E-state index is 0.293. The molecule has 1 saturated heterocycles. The molecule has 2 aliphatic rings. The maximum atomic E-state index is 11.4. The summed E-state index contributed by atoms with van der Waals surface area (Å²) in [4.78, 5) is 0. The van der Waals surface area contributed by atoms with Gasteiger partial charge in [0.2, 0.25) is 8.32 Å². The molecule has 8 atom stereocenters. The zero-order chi connectivity index (χ0) is 36.4. The van der Waals surface area contributed by atoms with Gasteiger partial charge in [0.15, 0.2) is 6.29 Å². The number of aliphatic hydroxyl groups is 1. The smallest absolute Gasteiger partial charge is 0.200 e. The number of aliphatic hydroxyl groups excluding tert-OH is 1. The quantitative estimate of drug-likeness (QED) is 0.140. The van der Waals surface area contributed by atoms with Gasteiger partial charge in [0.05, 0.1) is 38.8 Å². The van der Waals surface area contributed by atoms with Gasteiger partial charge in [-0.3, -0.25) is 0 Å². The maximum absolute atomic E-state index is 11.4. The Morgan fingerprint density at radius 1 is 0.627 bits per heavy atom. The van der Waals surface area contributed by atoms with E-state index in [4.69, 9.17) is 32.8 Å². The van der Waals surface area contributed by atoms with Crippen LogP contribution in [0.25, 0.3) is 0 Å². The van der Waals surface area contributed by atoms with Gasteiger partial charge in [0, 0.05) is 0 Å². The Bertz CT molecular complexity index is 1430. The fourth-order valence-electron chi connectivity index (χ4n) is 7.80. The molecule has 2 aliphatic heterocycles. The van der Waals surface area contributed by atoms with Crippen molar-refractivity contribution >= 4 is 8.32 Å². The molecule has 5 rings (SSSR count). The van der Waals surface area contributed by atoms with Crippen LogP contribution in [0.15, 0.2) is 103 Å². The lowest BCUT2D eigenvalue weighted by molar-refractivity contribution is -0.338. The normalized spacial score (nSPS) is 26.9. The van der Waals surface area contributed by atoms with Gasteiger partial charge < -0.3 is 38.0 Å². The SMILES string of the molecule is CC(C)[Si](OC[C@H]1OC=C[C@@H](O)[C@@H]1O[C@@H]1O[C@@H](C)[C@@H](OCc2ccccc2)[C@@H](OCc2ccccc2)[C@@H]1OCc1ccccc1)(C(C)C)C(C)C. The van der Waals surface area contributed by atoms with Crippen LogP contribution in [0.2, 0.25) is 16.6 Å². The molecule has 0 unspecified atom stereocenters. The fraction of sp³-hybridized carbons (Fsp3) is 0.524. The van der Waals surface area contributed by atoms with Gasteiger partial charge >= 0.3 is 0 Å². The summed E-state index contributed by atoms with van der Waals surface area (Å²) in [5.74, 6) is 0. The summed E-state index contributed by atoms with van der Waals surface area (Å²) in [7, 11) is -2.22. The Hall–Kier alpha value is -2.86. The molecule has 278 valence electrons. The van der Waals surface area contributed by atoms with E-state index in [1.165, 1.54) is 0 Å². The van der Waals surface area contributed by atoms with Gasteiger partial charge in [0.25, 0.3) is 0 Å². The first-order valence-corrected chi connectivity index (χ1v) is 20.7. The molecule has 3 aromatic rings. The highest BCUT2D eigenvalue weighted by Gasteiger charge is 2.51. The lowest BCUT2D eigenvalue weighted by Gasteiger charge is -2.47. The van der Waals surface area contributed by atoms with Crippen molar-refractivity contribution in [2.24, 2.45) is 0 Å². The first-order valence-electron chi connectivity index (χ1n) is 18.5. The summed E-state index contributed by atoms with van der Waals surface area (Å²) in [6.45, 7) is 16.9. The van der Waals surface area contributed by atoms with E-state index in [0.29, 0.717) is 43.1 Å². The first-order chi connectivity index (χ1) is 24.6. The summed E-state index contributed by atoms with van der Waals surface area (Å²) < 4.78 is 46.6. The van der Waals surface area contributed by atoms with Crippen molar-refractivity contribution in [3.05, 3.63) is 120 Å². The van der Waals surface area contributed by atoms with E-state index >= 15 is 0 Å². The van der Waals surface area contributed by atoms with Crippen LogP contribution in [0.5, 0.6) is 0 Å². The van der Waals surface area contributed by atoms with E-state index < -0.39 is 57.3 Å². The van der Waals surface area contributed by atoms with Crippen molar-refractivity contribution in [3.8, 4) is 0 Å². The lowest BCUT2D eigenvalue weighted by atomic mass is 9.98. The van der Waals surface area contributed by atoms with Gasteiger partial charge in [-0.1, -0.05) is 133 Å². The number of hydrogen-bond acceptors (Lipinski definition) is 8. The van der Waals surface area contributed by atoms with Crippen molar-refractivity contribution in [1.29, 1.82) is 0 Å². The van der Waals surface area contributed by atoms with Crippen molar-refractivity contribution in [2.75, 3.05) is 6.61 Å². The molecule has 0 aliphatic carbocycles. The minimum atomic E-state index is -2.22. The molecule has 0 aromatic heterocycles. The topological polar surface area (TPSA) is 84.8 Å². The minimum Gasteiger partial charge on any atom is -0.493 e. The Balaban J connectivity index is 1.43. The Morgan fingerprint density at radius 3 is 1.55 bits per heavy atom. The summed E-state index contributed by atoms with van der Waals surface area (Å²) in [6.07, 6.45) is -2.19. The molecule has 51 heavy (non-hydrogen) atoms. The number of benzene rings is 3. The van der Waals surface area contributed by atoms with Gasteiger partial charge in [-0.15, -0.1) is 0 Å². The molecule has 0 saturated carbocycles. The summed E-state index contributed by atoms with van der Waals surface area (Å²) in [5, 5.41) is 11.4. The van der Waals surface area contributed by atoms with Crippen LogP contribution in [0.1, 0.15) is 65.2 Å². The second kappa shape index (κ2) is 18.8. The second-order valence-corrected chi connectivity index (χ2v) is 20.2. The van der Waals surface area contributed by atoms with E-state index in [9.17, 15) is 5.11 Å². The predicted molar refractivity (Wildman–Crippen MR) is 201 cm³/mol. The van der Waals surface area contributed by atoms with Crippen molar-refractivity contribution in [1.82, 2.24) is 0 Å². The molecule has 0 amide bonds. The standard InChI is InChI=1S/C42H58O8Si/c1-29(2)51(30(3)4,31(5)6)48-28-37-39(36(43)23-24-44-37)50-42-41(47-27-35-21-15-10-16-22-35)40(46-26-34-19-13-9-14-20-34)38(32(7)49-42)45-25-33-17-11-8-12-18-33/h8-24,29-32,36-43H,25-28H2,1-7H3/t32-,36+,37+,38+,39-,40+,41-,42-/m0/s1. The van der Waals surface area contributed by atoms with Crippen LogP contribution < -0.4 is 0 Å². The molecule has 0 spiro atoms. The van der Waals surface area contributed by atoms with Gasteiger partial charge in [-0.05, 0) is 46.3 Å². The van der Waals surface area contributed by atoms with Crippen molar-refractivity contribution in [2.45, 2.75) is 134 Å². The summed E-state index contributed by atoms with van der Waals surface area (Å²) >= 11 is 0. The molecular weight excluding hydrogens is 661 g/mol. The largest absolute Gasteiger partial charge is 0.493 e. The molecule has 3 aromatic carbocycles. The third-order valence-corrected chi connectivity index (χ3v) is 16.4. The maximum Gasteiger partial charge on any atom is 0.200 e. The highest BCUT2D eigenvalue weighted by molar-refractivity contribution is 6.77. The molecule has 2 heterocycles. The number of ether oxygens (including phenoxy) is 6. The van der Waals surface area contributed by atoms with Crippen LogP contribution in [0.4, 0.5) is 0 Å². The molecular formula is C42H58O8Si. The van der Waals surface area contributed by atoms with Crippen LogP contribution in [-0.2, 0) is 52.7 Å². The number of rotatable bonds is 17.